The number of hydrogen-bond acceptors (Lipinski definition) is 4. The van der Waals surface area contributed by atoms with Crippen molar-refractivity contribution in [1.29, 1.82) is 0 Å². The van der Waals surface area contributed by atoms with Gasteiger partial charge in [-0.05, 0) is 19.1 Å². The van der Waals surface area contributed by atoms with Gasteiger partial charge in [-0.15, -0.1) is 0 Å². The number of hydrogen-bond donors (Lipinski definition) is 1. The number of piperazine rings is 1. The summed E-state index contributed by atoms with van der Waals surface area (Å²) < 4.78 is 0. The standard InChI is InChI=1S/C15H24N4O/c1-13(19-11-8-16-9-12-19)15(20)18(2)10-6-14-5-3-4-7-17-14/h3-5,7,13,16H,6,8-12H2,1-2H3. The maximum Gasteiger partial charge on any atom is 0.239 e. The van der Waals surface area contributed by atoms with E-state index in [2.05, 4.69) is 15.2 Å². The van der Waals surface area contributed by atoms with Crippen molar-refractivity contribution < 1.29 is 4.79 Å². The van der Waals surface area contributed by atoms with Gasteiger partial charge in [0.2, 0.25) is 5.91 Å². The van der Waals surface area contributed by atoms with Crippen LogP contribution in [0.25, 0.3) is 0 Å². The van der Waals surface area contributed by atoms with Crippen molar-refractivity contribution in [3.8, 4) is 0 Å². The second-order valence-corrected chi connectivity index (χ2v) is 5.29. The van der Waals surface area contributed by atoms with Crippen molar-refractivity contribution in [2.45, 2.75) is 19.4 Å². The number of nitrogens with one attached hydrogen (secondary N) is 1. The molecule has 1 saturated heterocycles. The lowest BCUT2D eigenvalue weighted by atomic mass is 10.2. The Bertz CT molecular complexity index is 417. The van der Waals surface area contributed by atoms with Crippen LogP contribution in [0.3, 0.4) is 0 Å². The van der Waals surface area contributed by atoms with E-state index in [1.807, 2.05) is 37.1 Å². The Kier molecular flexibility index (Phi) is 5.49. The number of rotatable bonds is 5. The van der Waals surface area contributed by atoms with Crippen LogP contribution in [0.5, 0.6) is 0 Å². The van der Waals surface area contributed by atoms with Gasteiger partial charge in [0.25, 0.3) is 0 Å². The van der Waals surface area contributed by atoms with Crippen LogP contribution in [0.4, 0.5) is 0 Å². The molecular weight excluding hydrogens is 252 g/mol. The molecule has 1 aromatic rings. The van der Waals surface area contributed by atoms with E-state index < -0.39 is 0 Å². The third-order valence-electron chi connectivity index (χ3n) is 3.86. The van der Waals surface area contributed by atoms with Crippen molar-refractivity contribution in [2.75, 3.05) is 39.8 Å². The van der Waals surface area contributed by atoms with E-state index in [0.29, 0.717) is 6.54 Å². The van der Waals surface area contributed by atoms with Gasteiger partial charge in [0.1, 0.15) is 0 Å². The Hall–Kier alpha value is -1.46. The van der Waals surface area contributed by atoms with Crippen LogP contribution < -0.4 is 5.32 Å². The first-order chi connectivity index (χ1) is 9.68. The van der Waals surface area contributed by atoms with E-state index in [0.717, 1.165) is 38.3 Å². The van der Waals surface area contributed by atoms with Crippen molar-refractivity contribution in [3.05, 3.63) is 30.1 Å². The minimum absolute atomic E-state index is 0.0363. The SMILES string of the molecule is CC(C(=O)N(C)CCc1ccccn1)N1CCNCC1. The summed E-state index contributed by atoms with van der Waals surface area (Å²) in [5.74, 6) is 0.197. The highest BCUT2D eigenvalue weighted by molar-refractivity contribution is 5.81. The lowest BCUT2D eigenvalue weighted by Gasteiger charge is -2.34. The highest BCUT2D eigenvalue weighted by atomic mass is 16.2. The maximum absolute atomic E-state index is 12.4. The summed E-state index contributed by atoms with van der Waals surface area (Å²) in [4.78, 5) is 20.8. The highest BCUT2D eigenvalue weighted by Crippen LogP contribution is 2.05. The van der Waals surface area contributed by atoms with Crippen molar-refractivity contribution >= 4 is 5.91 Å². The topological polar surface area (TPSA) is 48.5 Å². The number of aromatic nitrogens is 1. The van der Waals surface area contributed by atoms with Crippen molar-refractivity contribution in [2.24, 2.45) is 0 Å². The molecule has 1 fully saturated rings. The average Bonchev–Trinajstić information content (AvgIpc) is 2.53. The molecule has 1 aromatic heterocycles. The number of carbonyl (C=O) groups is 1. The molecule has 1 unspecified atom stereocenters. The summed E-state index contributed by atoms with van der Waals surface area (Å²) in [6.07, 6.45) is 2.60. The lowest BCUT2D eigenvalue weighted by molar-refractivity contribution is -0.135. The van der Waals surface area contributed by atoms with Gasteiger partial charge < -0.3 is 10.2 Å². The Morgan fingerprint density at radius 1 is 1.45 bits per heavy atom. The van der Waals surface area contributed by atoms with E-state index in [1.54, 1.807) is 6.20 Å². The summed E-state index contributed by atoms with van der Waals surface area (Å²) in [5.41, 5.74) is 1.03. The first-order valence-electron chi connectivity index (χ1n) is 7.28. The van der Waals surface area contributed by atoms with Crippen LogP contribution in [0.1, 0.15) is 12.6 Å². The monoisotopic (exact) mass is 276 g/mol. The minimum atomic E-state index is -0.0363. The van der Waals surface area contributed by atoms with Crippen LogP contribution >= 0.6 is 0 Å². The summed E-state index contributed by atoms with van der Waals surface area (Å²) in [6.45, 7) is 6.55. The zero-order valence-electron chi connectivity index (χ0n) is 12.4. The highest BCUT2D eigenvalue weighted by Gasteiger charge is 2.24. The Morgan fingerprint density at radius 2 is 2.20 bits per heavy atom. The number of amides is 1. The smallest absolute Gasteiger partial charge is 0.239 e. The fourth-order valence-corrected chi connectivity index (χ4v) is 2.48. The molecule has 0 radical (unpaired) electrons. The molecule has 1 N–H and O–H groups in total. The number of pyridine rings is 1. The Labute approximate surface area is 121 Å². The van der Waals surface area contributed by atoms with E-state index in [-0.39, 0.29) is 11.9 Å². The van der Waals surface area contributed by atoms with Crippen molar-refractivity contribution in [3.63, 3.8) is 0 Å². The van der Waals surface area contributed by atoms with Gasteiger partial charge in [0.05, 0.1) is 6.04 Å². The zero-order chi connectivity index (χ0) is 14.4. The average molecular weight is 276 g/mol. The van der Waals surface area contributed by atoms with E-state index in [1.165, 1.54) is 0 Å². The summed E-state index contributed by atoms with van der Waals surface area (Å²) >= 11 is 0. The van der Waals surface area contributed by atoms with E-state index >= 15 is 0 Å². The molecule has 1 atom stereocenters. The first-order valence-corrected chi connectivity index (χ1v) is 7.28. The van der Waals surface area contributed by atoms with Gasteiger partial charge in [0.15, 0.2) is 0 Å². The van der Waals surface area contributed by atoms with Crippen LogP contribution in [-0.4, -0.2) is 66.5 Å². The number of likely N-dealkylation sites (N-methyl/N-ethyl adjacent to an activating group) is 1. The maximum atomic E-state index is 12.4. The van der Waals surface area contributed by atoms with Gasteiger partial charge in [-0.2, -0.15) is 0 Å². The molecule has 1 amide bonds. The second-order valence-electron chi connectivity index (χ2n) is 5.29. The van der Waals surface area contributed by atoms with Gasteiger partial charge in [0, 0.05) is 58.1 Å². The van der Waals surface area contributed by atoms with Crippen LogP contribution in [0.15, 0.2) is 24.4 Å². The third-order valence-corrected chi connectivity index (χ3v) is 3.86. The number of carbonyl (C=O) groups excluding carboxylic acids is 1. The first kappa shape index (κ1) is 14.9. The molecular formula is C15H24N4O. The molecule has 0 aromatic carbocycles. The summed E-state index contributed by atoms with van der Waals surface area (Å²) in [7, 11) is 1.88. The van der Waals surface area contributed by atoms with Gasteiger partial charge in [-0.1, -0.05) is 6.07 Å². The Morgan fingerprint density at radius 3 is 2.85 bits per heavy atom. The van der Waals surface area contributed by atoms with Gasteiger partial charge in [-0.25, -0.2) is 0 Å². The lowest BCUT2D eigenvalue weighted by Crippen LogP contribution is -2.53. The second kappa shape index (κ2) is 7.36. The normalized spacial score (nSPS) is 17.7. The van der Waals surface area contributed by atoms with Crippen LogP contribution in [0.2, 0.25) is 0 Å². The van der Waals surface area contributed by atoms with Gasteiger partial charge in [-0.3, -0.25) is 14.7 Å². The van der Waals surface area contributed by atoms with Crippen LogP contribution in [-0.2, 0) is 11.2 Å². The van der Waals surface area contributed by atoms with E-state index in [9.17, 15) is 4.79 Å². The predicted octanol–water partition coefficient (Wildman–Crippen LogP) is 0.376. The molecule has 2 rings (SSSR count). The minimum Gasteiger partial charge on any atom is -0.344 e. The van der Waals surface area contributed by atoms with E-state index in [4.69, 9.17) is 0 Å². The fraction of sp³-hybridized carbons (Fsp3) is 0.600. The molecule has 0 saturated carbocycles. The van der Waals surface area contributed by atoms with Crippen LogP contribution in [0, 0.1) is 0 Å². The molecule has 5 heteroatoms. The molecule has 0 aliphatic carbocycles. The molecule has 2 heterocycles. The third kappa shape index (κ3) is 4.02. The van der Waals surface area contributed by atoms with Crippen molar-refractivity contribution in [1.82, 2.24) is 20.1 Å². The molecule has 110 valence electrons. The summed E-state index contributed by atoms with van der Waals surface area (Å²) in [6, 6.07) is 5.85. The Balaban J connectivity index is 1.81. The molecule has 5 nitrogen and oxygen atoms in total. The summed E-state index contributed by atoms with van der Waals surface area (Å²) in [5, 5.41) is 3.31. The van der Waals surface area contributed by atoms with Gasteiger partial charge >= 0.3 is 0 Å². The fourth-order valence-electron chi connectivity index (χ4n) is 2.48. The predicted molar refractivity (Wildman–Crippen MR) is 79.5 cm³/mol. The largest absolute Gasteiger partial charge is 0.344 e. The quantitative estimate of drug-likeness (QED) is 0.844. The molecule has 0 spiro atoms. The molecule has 0 bridgehead atoms. The number of nitrogens with zero attached hydrogens (tertiary/aromatic N) is 3. The zero-order valence-corrected chi connectivity index (χ0v) is 12.4. The molecule has 1 aliphatic heterocycles. The molecule has 1 aliphatic rings. The molecule has 20 heavy (non-hydrogen) atoms.